The fourth-order valence-electron chi connectivity index (χ4n) is 3.78. The fourth-order valence-corrected chi connectivity index (χ4v) is 3.78. The first-order valence-corrected chi connectivity index (χ1v) is 9.58. The van der Waals surface area contributed by atoms with E-state index in [2.05, 4.69) is 21.7 Å². The maximum atomic E-state index is 13.0. The van der Waals surface area contributed by atoms with Crippen LogP contribution in [0.25, 0.3) is 11.4 Å². The number of aromatic nitrogens is 3. The van der Waals surface area contributed by atoms with E-state index in [0.717, 1.165) is 22.8 Å². The van der Waals surface area contributed by atoms with Crippen molar-refractivity contribution in [2.24, 2.45) is 0 Å². The highest BCUT2D eigenvalue weighted by atomic mass is 16.5. The quantitative estimate of drug-likeness (QED) is 0.667. The van der Waals surface area contributed by atoms with Crippen molar-refractivity contribution in [3.05, 3.63) is 59.9 Å². The maximum Gasteiger partial charge on any atom is 0.227 e. The molecule has 1 aliphatic rings. The topological polar surface area (TPSA) is 69.5 Å². The molecule has 29 heavy (non-hydrogen) atoms. The summed E-state index contributed by atoms with van der Waals surface area (Å²) in [6, 6.07) is 15.6. The number of amides is 1. The van der Waals surface area contributed by atoms with Crippen molar-refractivity contribution < 1.29 is 14.3 Å². The van der Waals surface area contributed by atoms with Crippen LogP contribution in [0.4, 0.5) is 0 Å². The number of hydrogen-bond donors (Lipinski definition) is 0. The molecule has 0 bridgehead atoms. The Bertz CT molecular complexity index is 1020. The number of fused-ring (bicyclic) bond motifs is 1. The summed E-state index contributed by atoms with van der Waals surface area (Å²) < 4.78 is 12.8. The van der Waals surface area contributed by atoms with E-state index >= 15 is 0 Å². The summed E-state index contributed by atoms with van der Waals surface area (Å²) in [6.45, 7) is 3.15. The average molecular weight is 392 g/mol. The minimum atomic E-state index is 0.0378. The molecule has 150 valence electrons. The van der Waals surface area contributed by atoms with Gasteiger partial charge in [-0.3, -0.25) is 4.79 Å². The summed E-state index contributed by atoms with van der Waals surface area (Å²) in [5.74, 6) is 3.04. The van der Waals surface area contributed by atoms with Crippen molar-refractivity contribution in [2.75, 3.05) is 20.8 Å². The van der Waals surface area contributed by atoms with Crippen molar-refractivity contribution in [3.63, 3.8) is 0 Å². The van der Waals surface area contributed by atoms with Crippen LogP contribution in [0, 0.1) is 0 Å². The summed E-state index contributed by atoms with van der Waals surface area (Å²) in [5.41, 5.74) is 1.86. The molecule has 1 aliphatic heterocycles. The maximum absolute atomic E-state index is 13.0. The Kier molecular flexibility index (Phi) is 5.20. The van der Waals surface area contributed by atoms with E-state index in [1.165, 1.54) is 0 Å². The summed E-state index contributed by atoms with van der Waals surface area (Å²) in [7, 11) is 3.20. The van der Waals surface area contributed by atoms with Crippen LogP contribution in [-0.4, -0.2) is 46.3 Å². The van der Waals surface area contributed by atoms with Crippen molar-refractivity contribution in [3.8, 4) is 22.9 Å². The molecule has 1 atom stereocenters. The molecule has 3 aromatic rings. The van der Waals surface area contributed by atoms with Gasteiger partial charge in [0.15, 0.2) is 11.6 Å². The lowest BCUT2D eigenvalue weighted by molar-refractivity contribution is -0.132. The number of rotatable bonds is 5. The Morgan fingerprint density at radius 3 is 2.62 bits per heavy atom. The van der Waals surface area contributed by atoms with Gasteiger partial charge in [0, 0.05) is 23.7 Å². The zero-order valence-electron chi connectivity index (χ0n) is 16.8. The second-order valence-electron chi connectivity index (χ2n) is 7.15. The highest BCUT2D eigenvalue weighted by molar-refractivity contribution is 5.80. The lowest BCUT2D eigenvalue weighted by Gasteiger charge is -2.32. The van der Waals surface area contributed by atoms with Crippen LogP contribution in [0.2, 0.25) is 0 Å². The van der Waals surface area contributed by atoms with E-state index < -0.39 is 0 Å². The average Bonchev–Trinajstić information content (AvgIpc) is 3.19. The fraction of sp³-hybridized carbons (Fsp3) is 0.318. The van der Waals surface area contributed by atoms with Gasteiger partial charge in [0.2, 0.25) is 5.91 Å². The second-order valence-corrected chi connectivity index (χ2v) is 7.15. The van der Waals surface area contributed by atoms with E-state index in [4.69, 9.17) is 9.47 Å². The first kappa shape index (κ1) is 19.0. The standard InChI is InChI=1S/C22H24N4O3/c1-15-13-25(21(27)11-17-9-10-18(28-2)12-19(17)29-3)14-20-23-24-22(26(15)20)16-7-5-4-6-8-16/h4-10,12,15H,11,13-14H2,1-3H3/t15-/m0/s1. The smallest absolute Gasteiger partial charge is 0.227 e. The van der Waals surface area contributed by atoms with Gasteiger partial charge in [0.25, 0.3) is 0 Å². The Balaban J connectivity index is 1.54. The number of hydrogen-bond acceptors (Lipinski definition) is 5. The van der Waals surface area contributed by atoms with Crippen molar-refractivity contribution in [1.29, 1.82) is 0 Å². The normalized spacial score (nSPS) is 15.7. The predicted molar refractivity (Wildman–Crippen MR) is 109 cm³/mol. The van der Waals surface area contributed by atoms with Gasteiger partial charge in [-0.1, -0.05) is 36.4 Å². The first-order valence-electron chi connectivity index (χ1n) is 9.58. The second kappa shape index (κ2) is 7.95. The molecule has 7 nitrogen and oxygen atoms in total. The zero-order chi connectivity index (χ0) is 20.4. The van der Waals surface area contributed by atoms with Gasteiger partial charge in [-0.15, -0.1) is 10.2 Å². The van der Waals surface area contributed by atoms with Crippen molar-refractivity contribution in [2.45, 2.75) is 25.9 Å². The molecule has 0 radical (unpaired) electrons. The summed E-state index contributed by atoms with van der Waals surface area (Å²) >= 11 is 0. The molecule has 0 saturated carbocycles. The number of ether oxygens (including phenoxy) is 2. The number of nitrogens with zero attached hydrogens (tertiary/aromatic N) is 4. The van der Waals surface area contributed by atoms with E-state index in [-0.39, 0.29) is 18.4 Å². The molecular formula is C22H24N4O3. The van der Waals surface area contributed by atoms with Gasteiger partial charge < -0.3 is 18.9 Å². The molecule has 2 heterocycles. The molecule has 0 spiro atoms. The predicted octanol–water partition coefficient (Wildman–Crippen LogP) is 3.11. The SMILES string of the molecule is COc1ccc(CC(=O)N2Cc3nnc(-c4ccccc4)n3[C@@H](C)C2)c(OC)c1. The first-order chi connectivity index (χ1) is 14.1. The van der Waals surface area contributed by atoms with Crippen LogP contribution >= 0.6 is 0 Å². The highest BCUT2D eigenvalue weighted by Gasteiger charge is 2.29. The number of benzene rings is 2. The Morgan fingerprint density at radius 1 is 1.10 bits per heavy atom. The van der Waals surface area contributed by atoms with E-state index in [1.807, 2.05) is 47.4 Å². The van der Waals surface area contributed by atoms with Crippen molar-refractivity contribution >= 4 is 5.91 Å². The molecule has 1 amide bonds. The Hall–Kier alpha value is -3.35. The molecule has 2 aromatic carbocycles. The van der Waals surface area contributed by atoms with Crippen LogP contribution in [0.5, 0.6) is 11.5 Å². The molecule has 0 aliphatic carbocycles. The van der Waals surface area contributed by atoms with E-state index in [9.17, 15) is 4.79 Å². The molecule has 0 unspecified atom stereocenters. The van der Waals surface area contributed by atoms with Crippen LogP contribution in [0.3, 0.4) is 0 Å². The molecule has 0 saturated heterocycles. The Labute approximate surface area is 169 Å². The third-order valence-electron chi connectivity index (χ3n) is 5.24. The summed E-state index contributed by atoms with van der Waals surface area (Å²) in [4.78, 5) is 14.8. The number of carbonyl (C=O) groups excluding carboxylic acids is 1. The van der Waals surface area contributed by atoms with Crippen LogP contribution in [-0.2, 0) is 17.8 Å². The lowest BCUT2D eigenvalue weighted by atomic mass is 10.1. The molecule has 1 aromatic heterocycles. The largest absolute Gasteiger partial charge is 0.497 e. The monoisotopic (exact) mass is 392 g/mol. The van der Waals surface area contributed by atoms with Gasteiger partial charge in [-0.25, -0.2) is 0 Å². The van der Waals surface area contributed by atoms with Gasteiger partial charge in [0.05, 0.1) is 33.2 Å². The molecule has 0 fully saturated rings. The number of carbonyl (C=O) groups is 1. The van der Waals surface area contributed by atoms with Crippen LogP contribution < -0.4 is 9.47 Å². The van der Waals surface area contributed by atoms with Gasteiger partial charge in [-0.2, -0.15) is 0 Å². The summed E-state index contributed by atoms with van der Waals surface area (Å²) in [5, 5.41) is 8.74. The van der Waals surface area contributed by atoms with E-state index in [0.29, 0.717) is 24.6 Å². The third-order valence-corrected chi connectivity index (χ3v) is 5.24. The molecular weight excluding hydrogens is 368 g/mol. The van der Waals surface area contributed by atoms with E-state index in [1.54, 1.807) is 20.3 Å². The van der Waals surface area contributed by atoms with Gasteiger partial charge in [0.1, 0.15) is 11.5 Å². The molecule has 4 rings (SSSR count). The lowest BCUT2D eigenvalue weighted by Crippen LogP contribution is -2.41. The molecule has 7 heteroatoms. The highest BCUT2D eigenvalue weighted by Crippen LogP contribution is 2.29. The third kappa shape index (κ3) is 3.68. The van der Waals surface area contributed by atoms with Crippen LogP contribution in [0.15, 0.2) is 48.5 Å². The summed E-state index contributed by atoms with van der Waals surface area (Å²) in [6.07, 6.45) is 0.263. The van der Waals surface area contributed by atoms with Gasteiger partial charge >= 0.3 is 0 Å². The zero-order valence-corrected chi connectivity index (χ0v) is 16.8. The van der Waals surface area contributed by atoms with Gasteiger partial charge in [-0.05, 0) is 13.0 Å². The minimum absolute atomic E-state index is 0.0378. The van der Waals surface area contributed by atoms with Crippen molar-refractivity contribution in [1.82, 2.24) is 19.7 Å². The number of methoxy groups -OCH3 is 2. The molecule has 0 N–H and O–H groups in total. The Morgan fingerprint density at radius 2 is 1.90 bits per heavy atom. The minimum Gasteiger partial charge on any atom is -0.497 e. The van der Waals surface area contributed by atoms with Crippen LogP contribution in [0.1, 0.15) is 24.4 Å².